The number of hydrogen-bond acceptors (Lipinski definition) is 5. The standard InChI is InChI=1S/C28H36N4O2/c1-3-22(17-29-2)23-10-12-24(13-11-23)26-15-27(26)30-16-21-18-32(19-21)14-4-5-20-6-8-25(9-7-20)28(33)31-34/h3,6-13,17,21,26-27,30,34H,4-5,14-16,18-19H2,1-2H3,(H,31,33)/b22-3+,29-17-. The van der Waals surface area contributed by atoms with Crippen molar-refractivity contribution in [1.82, 2.24) is 15.7 Å². The van der Waals surface area contributed by atoms with E-state index in [2.05, 4.69) is 52.5 Å². The molecule has 6 nitrogen and oxygen atoms in total. The molecule has 2 aromatic carbocycles. The molecule has 4 rings (SSSR count). The van der Waals surface area contributed by atoms with E-state index in [0.29, 0.717) is 17.5 Å². The molecule has 6 heteroatoms. The van der Waals surface area contributed by atoms with E-state index in [9.17, 15) is 4.79 Å². The maximum absolute atomic E-state index is 11.4. The Morgan fingerprint density at radius 2 is 1.82 bits per heavy atom. The minimum atomic E-state index is -0.469. The van der Waals surface area contributed by atoms with Crippen LogP contribution >= 0.6 is 0 Å². The molecule has 180 valence electrons. The van der Waals surface area contributed by atoms with Gasteiger partial charge in [0.2, 0.25) is 0 Å². The Morgan fingerprint density at radius 1 is 1.12 bits per heavy atom. The minimum Gasteiger partial charge on any atom is -0.313 e. The molecule has 2 fully saturated rings. The third-order valence-corrected chi connectivity index (χ3v) is 7.00. The predicted molar refractivity (Wildman–Crippen MR) is 138 cm³/mol. The zero-order valence-electron chi connectivity index (χ0n) is 20.2. The van der Waals surface area contributed by atoms with Gasteiger partial charge in [0.1, 0.15) is 0 Å². The van der Waals surface area contributed by atoms with Crippen molar-refractivity contribution in [2.24, 2.45) is 10.9 Å². The largest absolute Gasteiger partial charge is 0.313 e. The van der Waals surface area contributed by atoms with Crippen molar-refractivity contribution in [2.45, 2.75) is 38.1 Å². The number of nitrogens with one attached hydrogen (secondary N) is 2. The van der Waals surface area contributed by atoms with Gasteiger partial charge in [-0.1, -0.05) is 42.5 Å². The van der Waals surface area contributed by atoms with Crippen LogP contribution in [0.2, 0.25) is 0 Å². The van der Waals surface area contributed by atoms with Gasteiger partial charge in [0.05, 0.1) is 0 Å². The first-order valence-electron chi connectivity index (χ1n) is 12.3. The number of rotatable bonds is 11. The van der Waals surface area contributed by atoms with E-state index in [1.165, 1.54) is 41.8 Å². The molecule has 1 saturated heterocycles. The highest BCUT2D eigenvalue weighted by Gasteiger charge is 2.39. The summed E-state index contributed by atoms with van der Waals surface area (Å²) in [6.45, 7) is 6.64. The van der Waals surface area contributed by atoms with Crippen molar-refractivity contribution >= 4 is 17.7 Å². The number of hydroxylamine groups is 1. The number of likely N-dealkylation sites (tertiary alicyclic amines) is 1. The van der Waals surface area contributed by atoms with Gasteiger partial charge in [0.15, 0.2) is 0 Å². The first kappa shape index (κ1) is 24.3. The lowest BCUT2D eigenvalue weighted by Crippen LogP contribution is -2.51. The number of aryl methyl sites for hydroxylation is 1. The first-order valence-corrected chi connectivity index (χ1v) is 12.3. The summed E-state index contributed by atoms with van der Waals surface area (Å²) in [5, 5.41) is 12.5. The second-order valence-corrected chi connectivity index (χ2v) is 9.48. The summed E-state index contributed by atoms with van der Waals surface area (Å²) in [4.78, 5) is 18.1. The van der Waals surface area contributed by atoms with Gasteiger partial charge in [-0.2, -0.15) is 0 Å². The van der Waals surface area contributed by atoms with Gasteiger partial charge in [0, 0.05) is 50.4 Å². The highest BCUT2D eigenvalue weighted by atomic mass is 16.5. The maximum Gasteiger partial charge on any atom is 0.274 e. The molecule has 1 amide bonds. The second kappa shape index (κ2) is 11.6. The van der Waals surface area contributed by atoms with Crippen molar-refractivity contribution < 1.29 is 10.0 Å². The number of allylic oxidation sites excluding steroid dienone is 2. The zero-order valence-corrected chi connectivity index (χ0v) is 20.2. The van der Waals surface area contributed by atoms with Crippen LogP contribution in [0, 0.1) is 5.92 Å². The molecule has 34 heavy (non-hydrogen) atoms. The lowest BCUT2D eigenvalue weighted by molar-refractivity contribution is 0.0706. The maximum atomic E-state index is 11.4. The molecule has 2 aromatic rings. The molecule has 0 bridgehead atoms. The Hall–Kier alpha value is -2.80. The quantitative estimate of drug-likeness (QED) is 0.270. The topological polar surface area (TPSA) is 77.0 Å². The third-order valence-electron chi connectivity index (χ3n) is 7.00. The molecule has 2 unspecified atom stereocenters. The van der Waals surface area contributed by atoms with Crippen molar-refractivity contribution in [3.05, 3.63) is 76.9 Å². The summed E-state index contributed by atoms with van der Waals surface area (Å²) in [5.74, 6) is 0.933. The number of hydrogen-bond donors (Lipinski definition) is 3. The fraction of sp³-hybridized carbons (Fsp3) is 0.429. The first-order chi connectivity index (χ1) is 16.6. The number of benzene rings is 2. The van der Waals surface area contributed by atoms with E-state index in [1.807, 2.05) is 25.4 Å². The monoisotopic (exact) mass is 460 g/mol. The van der Waals surface area contributed by atoms with E-state index in [-0.39, 0.29) is 0 Å². The Kier molecular flexibility index (Phi) is 8.27. The lowest BCUT2D eigenvalue weighted by Gasteiger charge is -2.39. The molecular weight excluding hydrogens is 424 g/mol. The van der Waals surface area contributed by atoms with Crippen LogP contribution in [0.3, 0.4) is 0 Å². The van der Waals surface area contributed by atoms with Crippen molar-refractivity contribution in [1.29, 1.82) is 0 Å². The van der Waals surface area contributed by atoms with Crippen LogP contribution in [0.15, 0.2) is 59.6 Å². The Labute approximate surface area is 202 Å². The molecule has 1 aliphatic carbocycles. The number of carbonyl (C=O) groups is 1. The third kappa shape index (κ3) is 6.20. The average Bonchev–Trinajstić information content (AvgIpc) is 3.63. The van der Waals surface area contributed by atoms with Crippen molar-refractivity contribution in [2.75, 3.05) is 33.2 Å². The van der Waals surface area contributed by atoms with Crippen LogP contribution in [0.1, 0.15) is 52.7 Å². The fourth-order valence-electron chi connectivity index (χ4n) is 4.87. The number of amides is 1. The van der Waals surface area contributed by atoms with Gasteiger partial charge < -0.3 is 10.2 Å². The van der Waals surface area contributed by atoms with Gasteiger partial charge in [-0.05, 0) is 73.0 Å². The van der Waals surface area contributed by atoms with Gasteiger partial charge in [0.25, 0.3) is 5.91 Å². The van der Waals surface area contributed by atoms with E-state index in [1.54, 1.807) is 17.6 Å². The average molecular weight is 461 g/mol. The zero-order chi connectivity index (χ0) is 23.9. The van der Waals surface area contributed by atoms with Crippen LogP contribution < -0.4 is 10.8 Å². The summed E-state index contributed by atoms with van der Waals surface area (Å²) in [6, 6.07) is 17.0. The van der Waals surface area contributed by atoms with Crippen LogP contribution in [0.4, 0.5) is 0 Å². The smallest absolute Gasteiger partial charge is 0.274 e. The summed E-state index contributed by atoms with van der Waals surface area (Å²) in [7, 11) is 1.81. The van der Waals surface area contributed by atoms with Crippen molar-refractivity contribution in [3.8, 4) is 0 Å². The van der Waals surface area contributed by atoms with E-state index < -0.39 is 5.91 Å². The predicted octanol–water partition coefficient (Wildman–Crippen LogP) is 3.92. The van der Waals surface area contributed by atoms with Crippen LogP contribution in [-0.4, -0.2) is 61.5 Å². The molecule has 1 saturated carbocycles. The molecule has 0 aromatic heterocycles. The molecular formula is C28H36N4O2. The Bertz CT molecular complexity index is 1010. The SMILES string of the molecule is C/C=C(\C=N/C)c1ccc(C2CC2NCC2CN(CCCc3ccc(C(=O)NO)cc3)C2)cc1. The summed E-state index contributed by atoms with van der Waals surface area (Å²) >= 11 is 0. The van der Waals surface area contributed by atoms with Crippen LogP contribution in [0.25, 0.3) is 5.57 Å². The van der Waals surface area contributed by atoms with E-state index >= 15 is 0 Å². The van der Waals surface area contributed by atoms with Crippen molar-refractivity contribution in [3.63, 3.8) is 0 Å². The van der Waals surface area contributed by atoms with Gasteiger partial charge in [-0.3, -0.25) is 15.0 Å². The summed E-state index contributed by atoms with van der Waals surface area (Å²) in [6.07, 6.45) is 7.37. The number of nitrogens with zero attached hydrogens (tertiary/aromatic N) is 2. The highest BCUT2D eigenvalue weighted by Crippen LogP contribution is 2.41. The Balaban J connectivity index is 1.10. The van der Waals surface area contributed by atoms with E-state index in [0.717, 1.165) is 31.8 Å². The minimum absolute atomic E-state index is 0.469. The number of aliphatic imine (C=N–C) groups is 1. The molecule has 1 heterocycles. The molecule has 1 aliphatic heterocycles. The number of carbonyl (C=O) groups excluding carboxylic acids is 1. The molecule has 0 radical (unpaired) electrons. The summed E-state index contributed by atoms with van der Waals surface area (Å²) < 4.78 is 0. The van der Waals surface area contributed by atoms with Gasteiger partial charge in [-0.15, -0.1) is 0 Å². The Morgan fingerprint density at radius 3 is 2.47 bits per heavy atom. The fourth-order valence-corrected chi connectivity index (χ4v) is 4.87. The van der Waals surface area contributed by atoms with Crippen LogP contribution in [-0.2, 0) is 6.42 Å². The molecule has 2 aliphatic rings. The van der Waals surface area contributed by atoms with Gasteiger partial charge in [-0.25, -0.2) is 5.48 Å². The lowest BCUT2D eigenvalue weighted by atomic mass is 9.99. The molecule has 0 spiro atoms. The normalized spacial score (nSPS) is 21.0. The highest BCUT2D eigenvalue weighted by molar-refractivity contribution is 6.09. The van der Waals surface area contributed by atoms with Crippen LogP contribution in [0.5, 0.6) is 0 Å². The molecule has 2 atom stereocenters. The second-order valence-electron chi connectivity index (χ2n) is 9.48. The molecule has 3 N–H and O–H groups in total. The summed E-state index contributed by atoms with van der Waals surface area (Å²) in [5.41, 5.74) is 7.19. The van der Waals surface area contributed by atoms with E-state index in [4.69, 9.17) is 5.21 Å². The van der Waals surface area contributed by atoms with Gasteiger partial charge >= 0.3 is 0 Å².